The van der Waals surface area contributed by atoms with Gasteiger partial charge in [0.05, 0.1) is 22.8 Å². The van der Waals surface area contributed by atoms with Crippen LogP contribution in [0.25, 0.3) is 6.08 Å². The Hall–Kier alpha value is -3.62. The number of fused-ring (bicyclic) bond motifs is 1. The fourth-order valence-corrected chi connectivity index (χ4v) is 5.18. The van der Waals surface area contributed by atoms with E-state index >= 15 is 0 Å². The van der Waals surface area contributed by atoms with Gasteiger partial charge in [0.2, 0.25) is 0 Å². The fraction of sp³-hybridized carbons (Fsp3) is 0.125. The molecule has 32 heavy (non-hydrogen) atoms. The van der Waals surface area contributed by atoms with Crippen molar-refractivity contribution in [3.63, 3.8) is 0 Å². The van der Waals surface area contributed by atoms with Crippen LogP contribution in [-0.4, -0.2) is 32.6 Å². The van der Waals surface area contributed by atoms with Crippen molar-refractivity contribution < 1.29 is 18.4 Å². The molecule has 1 aliphatic heterocycles. The van der Waals surface area contributed by atoms with E-state index in [1.54, 1.807) is 41.9 Å². The molecule has 3 aromatic carbocycles. The molecule has 0 fully saturated rings. The first kappa shape index (κ1) is 21.6. The second-order valence-corrected chi connectivity index (χ2v) is 9.21. The summed E-state index contributed by atoms with van der Waals surface area (Å²) in [5.74, 6) is -0.589. The van der Waals surface area contributed by atoms with Crippen LogP contribution in [0.15, 0.2) is 89.8 Å². The number of hydroxylamine groups is 1. The predicted molar refractivity (Wildman–Crippen MR) is 124 cm³/mol. The van der Waals surface area contributed by atoms with E-state index < -0.39 is 15.9 Å². The van der Waals surface area contributed by atoms with E-state index in [0.717, 1.165) is 16.8 Å². The molecule has 0 aromatic heterocycles. The molecule has 3 aromatic rings. The topological polar surface area (TPSA) is 90.0 Å². The van der Waals surface area contributed by atoms with Gasteiger partial charge >= 0.3 is 0 Å². The van der Waals surface area contributed by atoms with Gasteiger partial charge in [0.1, 0.15) is 0 Å². The SMILES string of the molecule is O=C(/C=C/c1ccc(CN2CCN(S(=O)(=O)c3ccccc3)c3ccccc32)cc1)NO. The summed E-state index contributed by atoms with van der Waals surface area (Å²) in [6.07, 6.45) is 2.86. The molecule has 1 aliphatic rings. The summed E-state index contributed by atoms with van der Waals surface area (Å²) in [5, 5.41) is 8.56. The smallest absolute Gasteiger partial charge is 0.267 e. The standard InChI is InChI=1S/C24H23N3O4S/c28-24(25-29)15-14-19-10-12-20(13-11-19)18-26-16-17-27(23-9-5-4-8-22(23)26)32(30,31)21-6-2-1-3-7-21/h1-15,29H,16-18H2,(H,25,28)/b15-14+. The predicted octanol–water partition coefficient (Wildman–Crippen LogP) is 3.42. The first-order valence-electron chi connectivity index (χ1n) is 10.1. The van der Waals surface area contributed by atoms with Gasteiger partial charge in [-0.1, -0.05) is 54.6 Å². The molecule has 0 radical (unpaired) electrons. The minimum atomic E-state index is -3.64. The largest absolute Gasteiger partial charge is 0.364 e. The number of hydrogen-bond acceptors (Lipinski definition) is 5. The third-order valence-corrected chi connectivity index (χ3v) is 7.11. The Kier molecular flexibility index (Phi) is 6.25. The summed E-state index contributed by atoms with van der Waals surface area (Å²) in [6, 6.07) is 23.7. The number of rotatable bonds is 6. The van der Waals surface area contributed by atoms with Gasteiger partial charge in [-0.15, -0.1) is 0 Å². The quantitative estimate of drug-likeness (QED) is 0.342. The molecule has 0 saturated carbocycles. The van der Waals surface area contributed by atoms with Crippen LogP contribution in [0.1, 0.15) is 11.1 Å². The Morgan fingerprint density at radius 2 is 1.56 bits per heavy atom. The normalized spacial score (nSPS) is 13.8. The first-order valence-corrected chi connectivity index (χ1v) is 11.6. The Balaban J connectivity index is 1.56. The lowest BCUT2D eigenvalue weighted by molar-refractivity contribution is -0.124. The molecule has 7 nitrogen and oxygen atoms in total. The molecular weight excluding hydrogens is 426 g/mol. The van der Waals surface area contributed by atoms with E-state index in [0.29, 0.717) is 25.3 Å². The van der Waals surface area contributed by atoms with Crippen molar-refractivity contribution in [3.05, 3.63) is 96.1 Å². The lowest BCUT2D eigenvalue weighted by Gasteiger charge is -2.38. The molecule has 164 valence electrons. The van der Waals surface area contributed by atoms with E-state index in [-0.39, 0.29) is 4.90 Å². The molecule has 0 saturated heterocycles. The number of sulfonamides is 1. The number of carbonyl (C=O) groups excluding carboxylic acids is 1. The van der Waals surface area contributed by atoms with Crippen LogP contribution in [0.5, 0.6) is 0 Å². The van der Waals surface area contributed by atoms with Gasteiger partial charge < -0.3 is 4.90 Å². The average molecular weight is 450 g/mol. The van der Waals surface area contributed by atoms with Crippen LogP contribution in [-0.2, 0) is 21.4 Å². The molecule has 8 heteroatoms. The van der Waals surface area contributed by atoms with E-state index in [9.17, 15) is 13.2 Å². The molecular formula is C24H23N3O4S. The maximum Gasteiger partial charge on any atom is 0.267 e. The second-order valence-electron chi connectivity index (χ2n) is 7.35. The van der Waals surface area contributed by atoms with Crippen molar-refractivity contribution in [1.29, 1.82) is 0 Å². The van der Waals surface area contributed by atoms with Crippen molar-refractivity contribution >= 4 is 33.4 Å². The van der Waals surface area contributed by atoms with E-state index in [2.05, 4.69) is 4.90 Å². The van der Waals surface area contributed by atoms with E-state index in [1.165, 1.54) is 10.4 Å². The maximum atomic E-state index is 13.2. The number of benzene rings is 3. The van der Waals surface area contributed by atoms with Crippen molar-refractivity contribution in [2.75, 3.05) is 22.3 Å². The molecule has 0 aliphatic carbocycles. The minimum absolute atomic E-state index is 0.279. The molecule has 0 bridgehead atoms. The summed E-state index contributed by atoms with van der Waals surface area (Å²) in [4.78, 5) is 13.6. The van der Waals surface area contributed by atoms with Crippen molar-refractivity contribution in [3.8, 4) is 0 Å². The summed E-state index contributed by atoms with van der Waals surface area (Å²) >= 11 is 0. The Bertz CT molecular complexity index is 1230. The van der Waals surface area contributed by atoms with Gasteiger partial charge in [-0.25, -0.2) is 13.9 Å². The Morgan fingerprint density at radius 1 is 0.906 bits per heavy atom. The number of amides is 1. The number of nitrogens with zero attached hydrogens (tertiary/aromatic N) is 2. The highest BCUT2D eigenvalue weighted by Gasteiger charge is 2.31. The van der Waals surface area contributed by atoms with E-state index in [4.69, 9.17) is 5.21 Å². The summed E-state index contributed by atoms with van der Waals surface area (Å²) in [6.45, 7) is 1.53. The number of hydrogen-bond donors (Lipinski definition) is 2. The Labute approximate surface area is 187 Å². The lowest BCUT2D eigenvalue weighted by Crippen LogP contribution is -2.43. The zero-order valence-corrected chi connectivity index (χ0v) is 18.1. The van der Waals surface area contributed by atoms with Crippen molar-refractivity contribution in [2.45, 2.75) is 11.4 Å². The summed E-state index contributed by atoms with van der Waals surface area (Å²) < 4.78 is 28.0. The third-order valence-electron chi connectivity index (χ3n) is 5.29. The zero-order chi connectivity index (χ0) is 22.6. The van der Waals surface area contributed by atoms with Gasteiger partial charge in [-0.2, -0.15) is 0 Å². The molecule has 0 unspecified atom stereocenters. The molecule has 1 heterocycles. The van der Waals surface area contributed by atoms with Gasteiger partial charge in [0.15, 0.2) is 0 Å². The lowest BCUT2D eigenvalue weighted by atomic mass is 10.1. The monoisotopic (exact) mass is 449 g/mol. The highest BCUT2D eigenvalue weighted by molar-refractivity contribution is 7.92. The molecule has 0 atom stereocenters. The van der Waals surface area contributed by atoms with Crippen LogP contribution in [0.4, 0.5) is 11.4 Å². The van der Waals surface area contributed by atoms with Crippen LogP contribution in [0.2, 0.25) is 0 Å². The highest BCUT2D eigenvalue weighted by atomic mass is 32.2. The zero-order valence-electron chi connectivity index (χ0n) is 17.3. The van der Waals surface area contributed by atoms with Gasteiger partial charge in [0.25, 0.3) is 15.9 Å². The fourth-order valence-electron chi connectivity index (χ4n) is 3.69. The maximum absolute atomic E-state index is 13.2. The first-order chi connectivity index (χ1) is 15.5. The van der Waals surface area contributed by atoms with Crippen LogP contribution < -0.4 is 14.7 Å². The average Bonchev–Trinajstić information content (AvgIpc) is 2.84. The number of carbonyl (C=O) groups is 1. The van der Waals surface area contributed by atoms with Gasteiger partial charge in [-0.05, 0) is 41.5 Å². The van der Waals surface area contributed by atoms with Gasteiger partial charge in [-0.3, -0.25) is 14.3 Å². The van der Waals surface area contributed by atoms with Crippen LogP contribution in [0, 0.1) is 0 Å². The molecule has 2 N–H and O–H groups in total. The summed E-state index contributed by atoms with van der Waals surface area (Å²) in [5.41, 5.74) is 4.97. The van der Waals surface area contributed by atoms with Crippen molar-refractivity contribution in [1.82, 2.24) is 5.48 Å². The third kappa shape index (κ3) is 4.51. The number of para-hydroxylation sites is 2. The second kappa shape index (κ2) is 9.25. The van der Waals surface area contributed by atoms with Crippen LogP contribution in [0.3, 0.4) is 0 Å². The van der Waals surface area contributed by atoms with E-state index in [1.807, 2.05) is 48.5 Å². The van der Waals surface area contributed by atoms with Crippen LogP contribution >= 0.6 is 0 Å². The summed E-state index contributed by atoms with van der Waals surface area (Å²) in [7, 11) is -3.64. The molecule has 4 rings (SSSR count). The Morgan fingerprint density at radius 3 is 2.25 bits per heavy atom. The van der Waals surface area contributed by atoms with Gasteiger partial charge in [0, 0.05) is 19.2 Å². The number of anilines is 2. The highest BCUT2D eigenvalue weighted by Crippen LogP contribution is 2.37. The molecule has 0 spiro atoms. The molecule has 1 amide bonds. The number of nitrogens with one attached hydrogen (secondary N) is 1. The minimum Gasteiger partial charge on any atom is -0.364 e. The van der Waals surface area contributed by atoms with Crippen molar-refractivity contribution in [2.24, 2.45) is 0 Å².